The molecule has 0 aromatic rings. The number of aliphatic hydroxyl groups excluding tert-OH is 1. The lowest BCUT2D eigenvalue weighted by molar-refractivity contribution is -0.120. The SMILES string of the molecule is CCCCCCCCCCCCNC1=C2C[C@@H](C)C[C@H](OC)[C@H](O)[C@@H](C)/C=C(\C)[C@H](OC(N)=O)[C@@H](OC)/C=C\C=C(/C)C(=O)NC(=CC1=O)C2=O. The summed E-state index contributed by atoms with van der Waals surface area (Å²) in [5.41, 5.74) is 6.73. The number of Topliss-reactive ketones (excluding diaryl/α,β-unsaturated/α-hetero) is 1. The molecule has 0 unspecified atom stereocenters. The number of fused-ring (bicyclic) bond motifs is 2. The van der Waals surface area contributed by atoms with E-state index in [9.17, 15) is 24.3 Å². The van der Waals surface area contributed by atoms with Gasteiger partial charge >= 0.3 is 6.09 Å². The van der Waals surface area contributed by atoms with Crippen molar-refractivity contribution in [2.24, 2.45) is 17.6 Å². The van der Waals surface area contributed by atoms with Crippen LogP contribution >= 0.6 is 0 Å². The summed E-state index contributed by atoms with van der Waals surface area (Å²) < 4.78 is 16.7. The Kier molecular flexibility index (Phi) is 19.8. The number of unbranched alkanes of at least 4 members (excludes halogenated alkanes) is 9. The van der Waals surface area contributed by atoms with Gasteiger partial charge in [-0.15, -0.1) is 0 Å². The highest BCUT2D eigenvalue weighted by Gasteiger charge is 2.33. The number of primary amides is 1. The number of allylic oxidation sites excluding steroid dienone is 4. The van der Waals surface area contributed by atoms with E-state index in [1.165, 1.54) is 71.3 Å². The summed E-state index contributed by atoms with van der Waals surface area (Å²) in [7, 11) is 2.96. The second-order valence-corrected chi connectivity index (χ2v) is 14.0. The maximum atomic E-state index is 13.9. The molecule has 1 heterocycles. The fraction of sp³-hybridized carbons (Fsp3) is 0.650. The van der Waals surface area contributed by atoms with Gasteiger partial charge in [0.05, 0.1) is 23.6 Å². The van der Waals surface area contributed by atoms with Crippen molar-refractivity contribution >= 4 is 23.6 Å². The molecule has 0 aromatic carbocycles. The second kappa shape index (κ2) is 23.1. The molecule has 6 atom stereocenters. The van der Waals surface area contributed by atoms with Gasteiger partial charge in [0.15, 0.2) is 6.10 Å². The quantitative estimate of drug-likeness (QED) is 0.0869. The first-order chi connectivity index (χ1) is 24.3. The summed E-state index contributed by atoms with van der Waals surface area (Å²) in [4.78, 5) is 52.4. The van der Waals surface area contributed by atoms with Crippen molar-refractivity contribution in [3.05, 3.63) is 58.5 Å². The minimum atomic E-state index is -0.991. The first-order valence-electron chi connectivity index (χ1n) is 18.7. The molecule has 2 rings (SSSR count). The Morgan fingerprint density at radius 3 is 2.20 bits per heavy atom. The van der Waals surface area contributed by atoms with E-state index in [2.05, 4.69) is 17.6 Å². The highest BCUT2D eigenvalue weighted by Crippen LogP contribution is 2.29. The summed E-state index contributed by atoms with van der Waals surface area (Å²) in [5.74, 6) is -1.96. The number of nitrogens with one attached hydrogen (secondary N) is 2. The lowest BCUT2D eigenvalue weighted by Gasteiger charge is -2.30. The Bertz CT molecular complexity index is 1330. The van der Waals surface area contributed by atoms with Gasteiger partial charge in [-0.25, -0.2) is 4.79 Å². The first-order valence-corrected chi connectivity index (χ1v) is 18.7. The number of hydrogen-bond donors (Lipinski definition) is 4. The number of methoxy groups -OCH3 is 2. The third kappa shape index (κ3) is 14.5. The van der Waals surface area contributed by atoms with Gasteiger partial charge in [-0.3, -0.25) is 14.4 Å². The molecule has 0 saturated carbocycles. The molecule has 2 aliphatic rings. The molecule has 5 N–H and O–H groups in total. The molecule has 0 aromatic heterocycles. The van der Waals surface area contributed by atoms with Gasteiger partial charge in [0, 0.05) is 43.9 Å². The highest BCUT2D eigenvalue weighted by molar-refractivity contribution is 6.23. The van der Waals surface area contributed by atoms with Crippen LogP contribution in [0.2, 0.25) is 0 Å². The summed E-state index contributed by atoms with van der Waals surface area (Å²) in [6.07, 6.45) is 16.0. The van der Waals surface area contributed by atoms with Crippen molar-refractivity contribution in [2.45, 2.75) is 136 Å². The predicted molar refractivity (Wildman–Crippen MR) is 199 cm³/mol. The molecular weight excluding hydrogens is 650 g/mol. The maximum Gasteiger partial charge on any atom is 0.405 e. The lowest BCUT2D eigenvalue weighted by Crippen LogP contribution is -2.38. The Morgan fingerprint density at radius 1 is 0.980 bits per heavy atom. The van der Waals surface area contributed by atoms with Crippen LogP contribution in [-0.4, -0.2) is 73.9 Å². The first kappa shape index (κ1) is 43.6. The molecule has 2 bridgehead atoms. The van der Waals surface area contributed by atoms with E-state index in [4.69, 9.17) is 19.9 Å². The van der Waals surface area contributed by atoms with E-state index in [0.29, 0.717) is 24.1 Å². The van der Waals surface area contributed by atoms with Gasteiger partial charge < -0.3 is 35.7 Å². The minimum absolute atomic E-state index is 0.0900. The molecule has 51 heavy (non-hydrogen) atoms. The van der Waals surface area contributed by atoms with Crippen molar-refractivity contribution < 1.29 is 38.5 Å². The van der Waals surface area contributed by atoms with E-state index in [0.717, 1.165) is 19.3 Å². The normalized spacial score (nSPS) is 28.2. The molecule has 1 aliphatic carbocycles. The fourth-order valence-electron chi connectivity index (χ4n) is 6.60. The van der Waals surface area contributed by atoms with Crippen molar-refractivity contribution in [2.75, 3.05) is 20.8 Å². The molecule has 1 aliphatic heterocycles. The summed E-state index contributed by atoms with van der Waals surface area (Å²) in [6, 6.07) is 0. The Morgan fingerprint density at radius 2 is 1.61 bits per heavy atom. The molecule has 286 valence electrons. The Hall–Kier alpha value is -3.54. The zero-order valence-corrected chi connectivity index (χ0v) is 31.9. The van der Waals surface area contributed by atoms with Crippen molar-refractivity contribution in [3.63, 3.8) is 0 Å². The Labute approximate surface area is 305 Å². The molecule has 0 fully saturated rings. The number of hydrogen-bond acceptors (Lipinski definition) is 9. The monoisotopic (exact) mass is 713 g/mol. The molecule has 2 amide bonds. The van der Waals surface area contributed by atoms with Gasteiger partial charge in [0.25, 0.3) is 5.91 Å². The minimum Gasteiger partial charge on any atom is -0.439 e. The van der Waals surface area contributed by atoms with Crippen LogP contribution in [0.3, 0.4) is 0 Å². The number of amides is 2. The topological polar surface area (TPSA) is 166 Å². The molecule has 11 nitrogen and oxygen atoms in total. The largest absolute Gasteiger partial charge is 0.439 e. The zero-order valence-electron chi connectivity index (χ0n) is 31.9. The second-order valence-electron chi connectivity index (χ2n) is 14.0. The standard InChI is InChI=1S/C40H63N3O8/c1-8-9-10-11-12-13-14-15-16-17-21-42-35-30-22-26(2)23-34(50-7)36(45)28(4)24-29(5)38(51-40(41)48)33(49-6)20-18-19-27(3)39(47)43-31(37(30)46)25-32(35)44/h18-20,24-26,28,33-34,36,38,42,45H,8-17,21-23H2,1-7H3,(H2,41,48)(H,43,47)/b20-18-,27-19+,29-24+/t26-,28+,33+,34+,36-,38+/m1/s1. The molecule has 0 spiro atoms. The Balaban J connectivity index is 2.36. The van der Waals surface area contributed by atoms with Crippen molar-refractivity contribution in [1.29, 1.82) is 0 Å². The van der Waals surface area contributed by atoms with E-state index in [1.807, 2.05) is 13.8 Å². The smallest absolute Gasteiger partial charge is 0.405 e. The molecule has 0 radical (unpaired) electrons. The van der Waals surface area contributed by atoms with Gasteiger partial charge in [-0.2, -0.15) is 0 Å². The van der Waals surface area contributed by atoms with Crippen molar-refractivity contribution in [1.82, 2.24) is 10.6 Å². The average Bonchev–Trinajstić information content (AvgIpc) is 3.09. The number of carbonyl (C=O) groups excluding carboxylic acids is 4. The van der Waals surface area contributed by atoms with E-state index in [1.54, 1.807) is 32.1 Å². The van der Waals surface area contributed by atoms with Crippen LogP contribution in [0.25, 0.3) is 0 Å². The van der Waals surface area contributed by atoms with Crippen LogP contribution in [0.5, 0.6) is 0 Å². The van der Waals surface area contributed by atoms with Gasteiger partial charge in [0.1, 0.15) is 6.10 Å². The number of carbonyl (C=O) groups is 4. The van der Waals surface area contributed by atoms with E-state index >= 15 is 0 Å². The number of ether oxygens (including phenoxy) is 3. The highest BCUT2D eigenvalue weighted by atomic mass is 16.6. The van der Waals surface area contributed by atoms with E-state index in [-0.39, 0.29) is 35.1 Å². The molecular formula is C40H63N3O8. The van der Waals surface area contributed by atoms with E-state index < -0.39 is 48.1 Å². The predicted octanol–water partition coefficient (Wildman–Crippen LogP) is 6.27. The van der Waals surface area contributed by atoms with Crippen molar-refractivity contribution in [3.8, 4) is 0 Å². The summed E-state index contributed by atoms with van der Waals surface area (Å²) >= 11 is 0. The molecule has 0 saturated heterocycles. The van der Waals surface area contributed by atoms with Crippen LogP contribution in [0.15, 0.2) is 58.5 Å². The number of aliphatic hydroxyl groups is 1. The lowest BCUT2D eigenvalue weighted by atomic mass is 9.85. The van der Waals surface area contributed by atoms with Crippen LogP contribution in [-0.2, 0) is 28.6 Å². The number of rotatable bonds is 15. The van der Waals surface area contributed by atoms with Crippen LogP contribution in [0.4, 0.5) is 4.79 Å². The average molecular weight is 714 g/mol. The van der Waals surface area contributed by atoms with Gasteiger partial charge in [-0.05, 0) is 44.6 Å². The van der Waals surface area contributed by atoms with Crippen LogP contribution in [0, 0.1) is 11.8 Å². The summed E-state index contributed by atoms with van der Waals surface area (Å²) in [5, 5.41) is 17.3. The van der Waals surface area contributed by atoms with Crippen LogP contribution in [0.1, 0.15) is 112 Å². The fourth-order valence-corrected chi connectivity index (χ4v) is 6.60. The third-order valence-corrected chi connectivity index (χ3v) is 9.63. The molecule has 11 heteroatoms. The number of nitrogens with two attached hydrogens (primary N) is 1. The third-order valence-electron chi connectivity index (χ3n) is 9.63. The number of ketones is 2. The maximum absolute atomic E-state index is 13.9. The zero-order chi connectivity index (χ0) is 37.9. The van der Waals surface area contributed by atoms with Gasteiger partial charge in [-0.1, -0.05) is 103 Å². The summed E-state index contributed by atoms with van der Waals surface area (Å²) in [6.45, 7) is 9.88. The van der Waals surface area contributed by atoms with Crippen LogP contribution < -0.4 is 16.4 Å². The van der Waals surface area contributed by atoms with Gasteiger partial charge in [0.2, 0.25) is 11.6 Å².